The molecule has 1 aliphatic rings. The maximum Gasteiger partial charge on any atom is 0.416 e. The van der Waals surface area contributed by atoms with Crippen LogP contribution in [0.25, 0.3) is 22.4 Å². The first-order valence-electron chi connectivity index (χ1n) is 10.4. The Morgan fingerprint density at radius 2 is 1.59 bits per heavy atom. The maximum atomic E-state index is 13.4. The van der Waals surface area contributed by atoms with E-state index in [0.717, 1.165) is 28.8 Å². The minimum Gasteiger partial charge on any atom is -0.420 e. The summed E-state index contributed by atoms with van der Waals surface area (Å²) in [6.45, 7) is 0. The second-order valence-electron chi connectivity index (χ2n) is 7.81. The van der Waals surface area contributed by atoms with Crippen molar-refractivity contribution >= 4 is 0 Å². The van der Waals surface area contributed by atoms with E-state index in [-0.39, 0.29) is 22.9 Å². The van der Waals surface area contributed by atoms with E-state index in [2.05, 4.69) is 10.2 Å². The molecule has 4 aromatic rings. The average molecular weight is 458 g/mol. The molecule has 1 aromatic heterocycles. The van der Waals surface area contributed by atoms with E-state index in [4.69, 9.17) is 10.5 Å². The molecule has 8 heteroatoms. The minimum atomic E-state index is -4.53. The molecule has 3 N–H and O–H groups in total. The first kappa shape index (κ1) is 21.3. The normalized spacial score (nSPS) is 15.4. The zero-order chi connectivity index (χ0) is 23.9. The first-order chi connectivity index (χ1) is 16.4. The topological polar surface area (TPSA) is 87.7 Å². The molecule has 0 saturated carbocycles. The number of ether oxygens (including phenoxy) is 1. The van der Waals surface area contributed by atoms with Gasteiger partial charge in [0.1, 0.15) is 11.6 Å². The molecule has 0 spiro atoms. The Balaban J connectivity index is 1.63. The number of hydrogen-bond acceptors (Lipinski definition) is 4. The molecule has 0 unspecified atom stereocenters. The van der Waals surface area contributed by atoms with Gasteiger partial charge in [-0.2, -0.15) is 18.4 Å². The van der Waals surface area contributed by atoms with Crippen LogP contribution >= 0.6 is 0 Å². The lowest BCUT2D eigenvalue weighted by Gasteiger charge is -2.24. The number of hydrogen-bond donors (Lipinski definition) is 2. The van der Waals surface area contributed by atoms with Crippen LogP contribution in [-0.4, -0.2) is 10.2 Å². The Labute approximate surface area is 192 Å². The molecule has 0 aliphatic carbocycles. The summed E-state index contributed by atoms with van der Waals surface area (Å²) >= 11 is 0. The largest absolute Gasteiger partial charge is 0.420 e. The van der Waals surface area contributed by atoms with Gasteiger partial charge >= 0.3 is 6.18 Å². The smallest absolute Gasteiger partial charge is 0.416 e. The fraction of sp³-hybridized carbons (Fsp3) is 0.0769. The van der Waals surface area contributed by atoms with Crippen molar-refractivity contribution in [2.45, 2.75) is 12.1 Å². The number of nitrogens with two attached hydrogens (primary N) is 1. The van der Waals surface area contributed by atoms with Gasteiger partial charge in [-0.1, -0.05) is 72.8 Å². The highest BCUT2D eigenvalue weighted by Gasteiger charge is 2.37. The summed E-state index contributed by atoms with van der Waals surface area (Å²) in [5, 5.41) is 16.9. The lowest BCUT2D eigenvalue weighted by molar-refractivity contribution is -0.137. The molecule has 168 valence electrons. The number of halogens is 3. The van der Waals surface area contributed by atoms with E-state index < -0.39 is 17.7 Å². The number of alkyl halides is 3. The second-order valence-corrected chi connectivity index (χ2v) is 7.81. The van der Waals surface area contributed by atoms with E-state index in [1.165, 1.54) is 12.1 Å². The molecule has 0 bridgehead atoms. The summed E-state index contributed by atoms with van der Waals surface area (Å²) in [5.74, 6) is -0.936. The van der Waals surface area contributed by atoms with Crippen molar-refractivity contribution in [1.82, 2.24) is 10.2 Å². The number of rotatable bonds is 3. The molecule has 3 aromatic carbocycles. The standard InChI is InChI=1S/C26H17F3N4O/c27-26(28,29)19-8-4-7-18(13-19)21-20(14-30)24(31)34-25-22(21)23(32-33-25)17-11-9-16(10-12-17)15-5-2-1-3-6-15/h1-13,21H,31H2,(H,32,33)/t21-/m1/s1. The van der Waals surface area contributed by atoms with Crippen LogP contribution in [0.15, 0.2) is 90.3 Å². The molecule has 0 amide bonds. The molecule has 2 heterocycles. The molecule has 1 aliphatic heterocycles. The molecule has 34 heavy (non-hydrogen) atoms. The SMILES string of the molecule is N#CC1=C(N)Oc2n[nH]c(-c3ccc(-c4ccccc4)cc3)c2[C@@H]1c1cccc(C(F)(F)F)c1. The van der Waals surface area contributed by atoms with Crippen molar-refractivity contribution in [3.8, 4) is 34.3 Å². The summed E-state index contributed by atoms with van der Waals surface area (Å²) in [6.07, 6.45) is -4.53. The van der Waals surface area contributed by atoms with Crippen molar-refractivity contribution in [1.29, 1.82) is 5.26 Å². The third-order valence-corrected chi connectivity index (χ3v) is 5.77. The number of benzene rings is 3. The van der Waals surface area contributed by atoms with E-state index in [0.29, 0.717) is 11.3 Å². The van der Waals surface area contributed by atoms with Gasteiger partial charge in [-0.15, -0.1) is 5.10 Å². The molecule has 0 saturated heterocycles. The van der Waals surface area contributed by atoms with Crippen LogP contribution in [0.2, 0.25) is 0 Å². The van der Waals surface area contributed by atoms with Crippen LogP contribution in [0.4, 0.5) is 13.2 Å². The summed E-state index contributed by atoms with van der Waals surface area (Å²) in [5.41, 5.74) is 9.21. The molecular weight excluding hydrogens is 441 g/mol. The van der Waals surface area contributed by atoms with E-state index in [1.54, 1.807) is 0 Å². The van der Waals surface area contributed by atoms with Gasteiger partial charge in [0.15, 0.2) is 0 Å². The lowest BCUT2D eigenvalue weighted by Crippen LogP contribution is -2.21. The fourth-order valence-electron chi connectivity index (χ4n) is 4.15. The molecule has 0 fully saturated rings. The number of allylic oxidation sites excluding steroid dienone is 1. The zero-order valence-electron chi connectivity index (χ0n) is 17.6. The second kappa shape index (κ2) is 8.12. The number of nitrogens with zero attached hydrogens (tertiary/aromatic N) is 2. The summed E-state index contributed by atoms with van der Waals surface area (Å²) in [7, 11) is 0. The predicted molar refractivity (Wildman–Crippen MR) is 120 cm³/mol. The highest BCUT2D eigenvalue weighted by Crippen LogP contribution is 2.46. The lowest BCUT2D eigenvalue weighted by atomic mass is 9.82. The van der Waals surface area contributed by atoms with Crippen LogP contribution in [0.1, 0.15) is 22.6 Å². The monoisotopic (exact) mass is 458 g/mol. The van der Waals surface area contributed by atoms with Crippen molar-refractivity contribution in [3.05, 3.63) is 107 Å². The number of nitrogens with one attached hydrogen (secondary N) is 1. The van der Waals surface area contributed by atoms with Crippen molar-refractivity contribution in [2.75, 3.05) is 0 Å². The Morgan fingerprint density at radius 1 is 0.912 bits per heavy atom. The van der Waals surface area contributed by atoms with E-state index in [9.17, 15) is 18.4 Å². The van der Waals surface area contributed by atoms with Gasteiger partial charge in [0.2, 0.25) is 11.8 Å². The number of aromatic nitrogens is 2. The molecule has 5 rings (SSSR count). The molecular formula is C26H17F3N4O. The Hall–Kier alpha value is -4.51. The number of nitriles is 1. The Kier molecular flexibility index (Phi) is 5.10. The van der Waals surface area contributed by atoms with Crippen molar-refractivity contribution < 1.29 is 17.9 Å². The molecule has 5 nitrogen and oxygen atoms in total. The first-order valence-corrected chi connectivity index (χ1v) is 10.4. The molecule has 0 radical (unpaired) electrons. The Bertz CT molecular complexity index is 1430. The zero-order valence-corrected chi connectivity index (χ0v) is 17.6. The van der Waals surface area contributed by atoms with Crippen LogP contribution in [0.3, 0.4) is 0 Å². The van der Waals surface area contributed by atoms with Gasteiger partial charge in [-0.3, -0.25) is 5.10 Å². The minimum absolute atomic E-state index is 0.0235. The highest BCUT2D eigenvalue weighted by atomic mass is 19.4. The van der Waals surface area contributed by atoms with Gasteiger partial charge in [0, 0.05) is 5.56 Å². The number of fused-ring (bicyclic) bond motifs is 1. The van der Waals surface area contributed by atoms with Gasteiger partial charge in [-0.05, 0) is 22.8 Å². The number of H-pyrrole nitrogens is 1. The molecule has 1 atom stereocenters. The van der Waals surface area contributed by atoms with Gasteiger partial charge in [0.25, 0.3) is 0 Å². The van der Waals surface area contributed by atoms with Gasteiger partial charge in [-0.25, -0.2) is 0 Å². The van der Waals surface area contributed by atoms with Crippen molar-refractivity contribution in [3.63, 3.8) is 0 Å². The van der Waals surface area contributed by atoms with E-state index >= 15 is 0 Å². The predicted octanol–water partition coefficient (Wildman–Crippen LogP) is 5.98. The summed E-state index contributed by atoms with van der Waals surface area (Å²) < 4.78 is 45.8. The quantitative estimate of drug-likeness (QED) is 0.395. The van der Waals surface area contributed by atoms with Gasteiger partial charge in [0.05, 0.1) is 22.7 Å². The number of aromatic amines is 1. The van der Waals surface area contributed by atoms with E-state index in [1.807, 2.05) is 60.7 Å². The maximum absolute atomic E-state index is 13.4. The van der Waals surface area contributed by atoms with Crippen LogP contribution in [-0.2, 0) is 6.18 Å². The third-order valence-electron chi connectivity index (χ3n) is 5.77. The summed E-state index contributed by atoms with van der Waals surface area (Å²) in [6, 6.07) is 24.4. The van der Waals surface area contributed by atoms with Crippen LogP contribution in [0, 0.1) is 11.3 Å². The Morgan fingerprint density at radius 3 is 2.26 bits per heavy atom. The third kappa shape index (κ3) is 3.67. The summed E-state index contributed by atoms with van der Waals surface area (Å²) in [4.78, 5) is 0. The van der Waals surface area contributed by atoms with Crippen LogP contribution < -0.4 is 10.5 Å². The van der Waals surface area contributed by atoms with Crippen LogP contribution in [0.5, 0.6) is 5.88 Å². The van der Waals surface area contributed by atoms with Gasteiger partial charge < -0.3 is 10.5 Å². The highest BCUT2D eigenvalue weighted by molar-refractivity contribution is 5.74. The van der Waals surface area contributed by atoms with Crippen molar-refractivity contribution in [2.24, 2.45) is 5.73 Å². The fourth-order valence-corrected chi connectivity index (χ4v) is 4.15. The average Bonchev–Trinajstić information content (AvgIpc) is 3.26.